The van der Waals surface area contributed by atoms with Crippen LogP contribution < -0.4 is 0 Å². The van der Waals surface area contributed by atoms with E-state index in [-0.39, 0.29) is 5.91 Å². The third kappa shape index (κ3) is 0.769. The Kier molecular flexibility index (Phi) is 1.14. The number of thiazole rings is 1. The summed E-state index contributed by atoms with van der Waals surface area (Å²) in [6.45, 7) is 0. The van der Waals surface area contributed by atoms with Crippen LogP contribution >= 0.6 is 11.3 Å². The molecule has 0 spiro atoms. The molecule has 0 unspecified atom stereocenters. The van der Waals surface area contributed by atoms with Crippen LogP contribution in [0, 0.1) is 0 Å². The molecular formula is C6H4N2OS. The van der Waals surface area contributed by atoms with Crippen molar-refractivity contribution in [2.24, 2.45) is 4.99 Å². The summed E-state index contributed by atoms with van der Waals surface area (Å²) < 4.78 is 0. The van der Waals surface area contributed by atoms with Gasteiger partial charge in [0.05, 0.1) is 23.8 Å². The van der Waals surface area contributed by atoms with Crippen molar-refractivity contribution in [2.75, 3.05) is 0 Å². The number of fused-ring (bicyclic) bond motifs is 1. The molecule has 0 saturated heterocycles. The fourth-order valence-electron chi connectivity index (χ4n) is 0.833. The molecule has 3 nitrogen and oxygen atoms in total. The fourth-order valence-corrected chi connectivity index (χ4v) is 1.56. The van der Waals surface area contributed by atoms with E-state index in [1.165, 1.54) is 17.6 Å². The molecule has 0 bridgehead atoms. The van der Waals surface area contributed by atoms with Gasteiger partial charge in [-0.2, -0.15) is 0 Å². The molecule has 1 amide bonds. The second-order valence-corrected chi connectivity index (χ2v) is 2.93. The zero-order valence-corrected chi connectivity index (χ0v) is 5.89. The lowest BCUT2D eigenvalue weighted by Gasteiger charge is -1.98. The average molecular weight is 152 g/mol. The van der Waals surface area contributed by atoms with Crippen molar-refractivity contribution in [1.29, 1.82) is 0 Å². The minimum absolute atomic E-state index is 0.0725. The zero-order valence-electron chi connectivity index (χ0n) is 5.07. The predicted molar refractivity (Wildman–Crippen MR) is 38.4 cm³/mol. The summed E-state index contributed by atoms with van der Waals surface area (Å²) in [4.78, 5) is 19.4. The van der Waals surface area contributed by atoms with Gasteiger partial charge in [-0.05, 0) is 0 Å². The number of aliphatic imine (C=N–C) groups is 1. The van der Waals surface area contributed by atoms with Crippen LogP contribution in [-0.4, -0.2) is 17.1 Å². The molecule has 0 radical (unpaired) electrons. The van der Waals surface area contributed by atoms with Gasteiger partial charge in [0.1, 0.15) is 0 Å². The molecule has 4 heteroatoms. The Morgan fingerprint density at radius 3 is 3.40 bits per heavy atom. The van der Waals surface area contributed by atoms with Crippen LogP contribution in [0.25, 0.3) is 0 Å². The Labute approximate surface area is 61.4 Å². The minimum Gasteiger partial charge on any atom is -0.272 e. The van der Waals surface area contributed by atoms with E-state index in [0.717, 1.165) is 10.6 Å². The second-order valence-electron chi connectivity index (χ2n) is 1.99. The minimum atomic E-state index is -0.0725. The molecule has 1 aromatic rings. The van der Waals surface area contributed by atoms with Gasteiger partial charge in [-0.25, -0.2) is 9.98 Å². The Hall–Kier alpha value is -1.03. The van der Waals surface area contributed by atoms with Gasteiger partial charge in [0, 0.05) is 4.88 Å². The van der Waals surface area contributed by atoms with Crippen molar-refractivity contribution in [1.82, 2.24) is 4.98 Å². The van der Waals surface area contributed by atoms with Crippen LogP contribution in [0.2, 0.25) is 0 Å². The first kappa shape index (κ1) is 5.73. The smallest absolute Gasteiger partial charge is 0.251 e. The molecule has 0 saturated carbocycles. The number of carbonyl (C=O) groups excluding carboxylic acids is 1. The van der Waals surface area contributed by atoms with Crippen LogP contribution in [0.15, 0.2) is 10.5 Å². The zero-order chi connectivity index (χ0) is 6.97. The highest BCUT2D eigenvalue weighted by atomic mass is 32.1. The summed E-state index contributed by atoms with van der Waals surface area (Å²) in [6, 6.07) is 0. The summed E-state index contributed by atoms with van der Waals surface area (Å²) in [5.74, 6) is -0.0725. The largest absolute Gasteiger partial charge is 0.272 e. The van der Waals surface area contributed by atoms with E-state index < -0.39 is 0 Å². The molecule has 10 heavy (non-hydrogen) atoms. The number of hydrogen-bond acceptors (Lipinski definition) is 3. The molecule has 0 fully saturated rings. The van der Waals surface area contributed by atoms with Crippen molar-refractivity contribution >= 4 is 23.5 Å². The Morgan fingerprint density at radius 1 is 1.60 bits per heavy atom. The summed E-state index contributed by atoms with van der Waals surface area (Å²) in [6.07, 6.45) is 1.95. The van der Waals surface area contributed by atoms with Gasteiger partial charge in [-0.15, -0.1) is 11.3 Å². The molecule has 0 aromatic carbocycles. The molecule has 1 aliphatic rings. The number of carbonyl (C=O) groups is 1. The van der Waals surface area contributed by atoms with Crippen LogP contribution in [0.1, 0.15) is 10.6 Å². The van der Waals surface area contributed by atoms with E-state index in [9.17, 15) is 4.79 Å². The van der Waals surface area contributed by atoms with Gasteiger partial charge in [-0.3, -0.25) is 4.79 Å². The third-order valence-electron chi connectivity index (χ3n) is 1.32. The van der Waals surface area contributed by atoms with Crippen molar-refractivity contribution in [3.63, 3.8) is 0 Å². The molecule has 2 heterocycles. The van der Waals surface area contributed by atoms with Crippen LogP contribution in [0.4, 0.5) is 0 Å². The van der Waals surface area contributed by atoms with Gasteiger partial charge in [0.2, 0.25) is 0 Å². The maximum absolute atomic E-state index is 10.7. The lowest BCUT2D eigenvalue weighted by molar-refractivity contribution is -0.117. The highest BCUT2D eigenvalue weighted by Gasteiger charge is 2.12. The summed E-state index contributed by atoms with van der Waals surface area (Å²) >= 11 is 1.51. The molecule has 50 valence electrons. The van der Waals surface area contributed by atoms with Crippen molar-refractivity contribution < 1.29 is 4.79 Å². The third-order valence-corrected chi connectivity index (χ3v) is 2.16. The van der Waals surface area contributed by atoms with Gasteiger partial charge in [-0.1, -0.05) is 0 Å². The molecule has 1 aliphatic heterocycles. The van der Waals surface area contributed by atoms with Crippen LogP contribution in [0.3, 0.4) is 0 Å². The number of amides is 1. The quantitative estimate of drug-likeness (QED) is 0.547. The lowest BCUT2D eigenvalue weighted by atomic mass is 10.2. The lowest BCUT2D eigenvalue weighted by Crippen LogP contribution is -2.06. The normalized spacial score (nSPS) is 15.4. The Morgan fingerprint density at radius 2 is 2.50 bits per heavy atom. The second kappa shape index (κ2) is 1.98. The molecule has 0 N–H and O–H groups in total. The van der Waals surface area contributed by atoms with E-state index in [4.69, 9.17) is 0 Å². The van der Waals surface area contributed by atoms with Gasteiger partial charge in [0.25, 0.3) is 5.91 Å². The highest BCUT2D eigenvalue weighted by Crippen LogP contribution is 2.15. The fraction of sp³-hybridized carbons (Fsp3) is 0.167. The Balaban J connectivity index is 2.52. The first-order valence-electron chi connectivity index (χ1n) is 2.85. The van der Waals surface area contributed by atoms with Gasteiger partial charge < -0.3 is 0 Å². The molecule has 1 aromatic heterocycles. The first-order chi connectivity index (χ1) is 4.86. The van der Waals surface area contributed by atoms with E-state index in [1.54, 1.807) is 5.51 Å². The standard InChI is InChI=1S/C6H4N2OS/c9-6-1-5-4(2-7-6)8-3-10-5/h2-3H,1H2. The molecule has 2 rings (SSSR count). The molecular weight excluding hydrogens is 148 g/mol. The maximum Gasteiger partial charge on any atom is 0.251 e. The molecule has 0 aliphatic carbocycles. The summed E-state index contributed by atoms with van der Waals surface area (Å²) in [7, 11) is 0. The number of nitrogens with zero attached hydrogens (tertiary/aromatic N) is 2. The van der Waals surface area contributed by atoms with Gasteiger partial charge >= 0.3 is 0 Å². The van der Waals surface area contributed by atoms with E-state index >= 15 is 0 Å². The number of hydrogen-bond donors (Lipinski definition) is 0. The first-order valence-corrected chi connectivity index (χ1v) is 3.73. The van der Waals surface area contributed by atoms with Crippen molar-refractivity contribution in [3.8, 4) is 0 Å². The predicted octanol–water partition coefficient (Wildman–Crippen LogP) is 0.645. The van der Waals surface area contributed by atoms with Crippen LogP contribution in [-0.2, 0) is 11.2 Å². The monoisotopic (exact) mass is 152 g/mol. The summed E-state index contributed by atoms with van der Waals surface area (Å²) in [5.41, 5.74) is 2.58. The topological polar surface area (TPSA) is 42.3 Å². The van der Waals surface area contributed by atoms with E-state index in [2.05, 4.69) is 9.98 Å². The van der Waals surface area contributed by atoms with Crippen LogP contribution in [0.5, 0.6) is 0 Å². The number of rotatable bonds is 0. The Bertz CT molecular complexity index is 302. The maximum atomic E-state index is 10.7. The van der Waals surface area contributed by atoms with Crippen molar-refractivity contribution in [2.45, 2.75) is 6.42 Å². The average Bonchev–Trinajstić information content (AvgIpc) is 2.33. The van der Waals surface area contributed by atoms with Gasteiger partial charge in [0.15, 0.2) is 0 Å². The molecule has 0 atom stereocenters. The van der Waals surface area contributed by atoms with E-state index in [1.807, 2.05) is 0 Å². The SMILES string of the molecule is O=C1Cc2scnc2C=N1. The summed E-state index contributed by atoms with van der Waals surface area (Å²) in [5, 5.41) is 0. The van der Waals surface area contributed by atoms with E-state index in [0.29, 0.717) is 6.42 Å². The number of aromatic nitrogens is 1. The van der Waals surface area contributed by atoms with Crippen molar-refractivity contribution in [3.05, 3.63) is 16.1 Å². The highest BCUT2D eigenvalue weighted by molar-refractivity contribution is 7.10.